The van der Waals surface area contributed by atoms with Gasteiger partial charge in [0, 0.05) is 12.4 Å². The summed E-state index contributed by atoms with van der Waals surface area (Å²) in [6.45, 7) is -0.120. The largest absolute Gasteiger partial charge is 0.479 e. The summed E-state index contributed by atoms with van der Waals surface area (Å²) in [7, 11) is 0. The third-order valence-electron chi connectivity index (χ3n) is 1.99. The normalized spacial score (nSPS) is 28.3. The molecule has 0 saturated carbocycles. The van der Waals surface area contributed by atoms with Crippen molar-refractivity contribution in [1.29, 1.82) is 0 Å². The lowest BCUT2D eigenvalue weighted by molar-refractivity contribution is -0.00588. The van der Waals surface area contributed by atoms with Gasteiger partial charge >= 0.3 is 6.01 Å². The fourth-order valence-electron chi connectivity index (χ4n) is 1.12. The van der Waals surface area contributed by atoms with Crippen LogP contribution in [0.1, 0.15) is 0 Å². The van der Waals surface area contributed by atoms with Gasteiger partial charge in [0.15, 0.2) is 0 Å². The van der Waals surface area contributed by atoms with Crippen molar-refractivity contribution in [2.24, 2.45) is 0 Å². The van der Waals surface area contributed by atoms with E-state index in [9.17, 15) is 0 Å². The van der Waals surface area contributed by atoms with E-state index in [2.05, 4.69) is 9.97 Å². The number of aromatic nitrogens is 2. The summed E-state index contributed by atoms with van der Waals surface area (Å²) in [4.78, 5) is 6.85. The number of rotatable bonds is 1. The third kappa shape index (κ3) is 3.70. The Bertz CT molecular complexity index is 297. The second kappa shape index (κ2) is 6.33. The van der Waals surface area contributed by atoms with Crippen LogP contribution < -0.4 is 0 Å². The Morgan fingerprint density at radius 1 is 1.31 bits per heavy atom. The predicted octanol–water partition coefficient (Wildman–Crippen LogP) is -1.72. The van der Waals surface area contributed by atoms with Crippen LogP contribution in [0.15, 0.2) is 18.5 Å². The average Bonchev–Trinajstić information content (AvgIpc) is 2.61. The molecule has 7 nitrogen and oxygen atoms in total. The van der Waals surface area contributed by atoms with Gasteiger partial charge in [-0.25, -0.2) is 9.97 Å². The lowest BCUT2D eigenvalue weighted by atomic mass is 10.2. The van der Waals surface area contributed by atoms with Crippen LogP contribution in [-0.2, 0) is 4.74 Å². The Balaban J connectivity index is 0.000000165. The average molecular weight is 230 g/mol. The van der Waals surface area contributed by atoms with Crippen molar-refractivity contribution in [1.82, 2.24) is 9.97 Å². The van der Waals surface area contributed by atoms with Crippen molar-refractivity contribution in [3.63, 3.8) is 0 Å². The summed E-state index contributed by atoms with van der Waals surface area (Å²) in [6.07, 6.45) is 0.599. The van der Waals surface area contributed by atoms with Gasteiger partial charge in [0.2, 0.25) is 0 Å². The maximum atomic E-state index is 8.92. The molecule has 0 unspecified atom stereocenters. The van der Waals surface area contributed by atoms with Crippen LogP contribution in [-0.4, -0.2) is 61.9 Å². The SMILES string of the molecule is OC[C@H]1OC[C@H](O)[C@@H]1O.Oc1ncccn1. The smallest absolute Gasteiger partial charge is 0.313 e. The lowest BCUT2D eigenvalue weighted by Gasteiger charge is -2.10. The molecule has 1 aromatic rings. The van der Waals surface area contributed by atoms with Gasteiger partial charge < -0.3 is 25.2 Å². The van der Waals surface area contributed by atoms with Gasteiger partial charge in [-0.2, -0.15) is 0 Å². The fourth-order valence-corrected chi connectivity index (χ4v) is 1.12. The molecule has 0 amide bonds. The zero-order valence-electron chi connectivity index (χ0n) is 8.47. The van der Waals surface area contributed by atoms with Gasteiger partial charge in [-0.3, -0.25) is 0 Å². The van der Waals surface area contributed by atoms with Gasteiger partial charge in [0.05, 0.1) is 13.2 Å². The minimum Gasteiger partial charge on any atom is -0.479 e. The topological polar surface area (TPSA) is 116 Å². The molecule has 16 heavy (non-hydrogen) atoms. The maximum Gasteiger partial charge on any atom is 0.313 e. The molecule has 4 N–H and O–H groups in total. The van der Waals surface area contributed by atoms with Crippen molar-refractivity contribution in [2.75, 3.05) is 13.2 Å². The number of ether oxygens (including phenoxy) is 1. The highest BCUT2D eigenvalue weighted by molar-refractivity contribution is 4.89. The van der Waals surface area contributed by atoms with Crippen LogP contribution in [0.2, 0.25) is 0 Å². The minimum atomic E-state index is -0.921. The highest BCUT2D eigenvalue weighted by Gasteiger charge is 2.33. The van der Waals surface area contributed by atoms with Crippen LogP contribution in [0, 0.1) is 0 Å². The standard InChI is InChI=1S/C5H10O4.C4H4N2O/c6-1-4-5(8)3(7)2-9-4;7-4-5-2-1-3-6-4/h3-8H,1-2H2;1-3H,(H,5,6,7)/t3-,4+,5-;/m0./s1. The van der Waals surface area contributed by atoms with E-state index in [1.54, 1.807) is 6.07 Å². The Morgan fingerprint density at radius 3 is 2.19 bits per heavy atom. The van der Waals surface area contributed by atoms with Crippen LogP contribution in [0.3, 0.4) is 0 Å². The highest BCUT2D eigenvalue weighted by atomic mass is 16.5. The number of aromatic hydroxyl groups is 1. The van der Waals surface area contributed by atoms with Gasteiger partial charge in [0.1, 0.15) is 18.3 Å². The molecule has 0 spiro atoms. The van der Waals surface area contributed by atoms with Crippen molar-refractivity contribution in [3.05, 3.63) is 18.5 Å². The van der Waals surface area contributed by atoms with Crippen molar-refractivity contribution < 1.29 is 25.2 Å². The molecule has 0 aliphatic carbocycles. The molecule has 1 fully saturated rings. The van der Waals surface area contributed by atoms with E-state index >= 15 is 0 Å². The van der Waals surface area contributed by atoms with Gasteiger partial charge in [-0.05, 0) is 6.07 Å². The molecule has 1 aliphatic heterocycles. The first-order chi connectivity index (χ1) is 7.65. The van der Waals surface area contributed by atoms with Crippen LogP contribution in [0.4, 0.5) is 0 Å². The second-order valence-corrected chi connectivity index (χ2v) is 3.16. The molecule has 3 atom stereocenters. The summed E-state index contributed by atoms with van der Waals surface area (Å²) in [5, 5.41) is 34.6. The van der Waals surface area contributed by atoms with E-state index in [1.807, 2.05) is 0 Å². The maximum absolute atomic E-state index is 8.92. The molecule has 0 bridgehead atoms. The first-order valence-electron chi connectivity index (χ1n) is 4.69. The van der Waals surface area contributed by atoms with Gasteiger partial charge in [-0.15, -0.1) is 0 Å². The number of hydrogen-bond acceptors (Lipinski definition) is 7. The Labute approximate surface area is 92.0 Å². The molecule has 1 saturated heterocycles. The zero-order valence-corrected chi connectivity index (χ0v) is 8.47. The summed E-state index contributed by atoms with van der Waals surface area (Å²) < 4.78 is 4.78. The molecule has 0 radical (unpaired) electrons. The number of aliphatic hydroxyl groups excluding tert-OH is 3. The Hall–Kier alpha value is -1.28. The van der Waals surface area contributed by atoms with Gasteiger partial charge in [-0.1, -0.05) is 0 Å². The number of nitrogens with zero attached hydrogens (tertiary/aromatic N) is 2. The minimum absolute atomic E-state index is 0.117. The van der Waals surface area contributed by atoms with E-state index in [1.165, 1.54) is 12.4 Å². The summed E-state index contributed by atoms with van der Waals surface area (Å²) in [6, 6.07) is 1.46. The molecule has 7 heteroatoms. The first kappa shape index (κ1) is 12.8. The van der Waals surface area contributed by atoms with Crippen LogP contribution in [0.5, 0.6) is 6.01 Å². The molecule has 2 heterocycles. The zero-order chi connectivity index (χ0) is 12.0. The van der Waals surface area contributed by atoms with Crippen LogP contribution in [0.25, 0.3) is 0 Å². The lowest BCUT2D eigenvalue weighted by Crippen LogP contribution is -2.31. The van der Waals surface area contributed by atoms with Crippen molar-refractivity contribution >= 4 is 0 Å². The summed E-state index contributed by atoms with van der Waals surface area (Å²) in [5.74, 6) is 0. The Kier molecular flexibility index (Phi) is 5.06. The molecular formula is C9H14N2O5. The van der Waals surface area contributed by atoms with Crippen molar-refractivity contribution in [3.8, 4) is 6.01 Å². The van der Waals surface area contributed by atoms with E-state index in [0.717, 1.165) is 0 Å². The molecular weight excluding hydrogens is 216 g/mol. The molecule has 0 aromatic carbocycles. The monoisotopic (exact) mass is 230 g/mol. The first-order valence-corrected chi connectivity index (χ1v) is 4.69. The van der Waals surface area contributed by atoms with Gasteiger partial charge in [0.25, 0.3) is 0 Å². The highest BCUT2D eigenvalue weighted by Crippen LogP contribution is 2.12. The second-order valence-electron chi connectivity index (χ2n) is 3.16. The fraction of sp³-hybridized carbons (Fsp3) is 0.556. The van der Waals surface area contributed by atoms with E-state index < -0.39 is 18.3 Å². The third-order valence-corrected chi connectivity index (χ3v) is 1.99. The molecule has 1 aliphatic rings. The molecule has 1 aromatic heterocycles. The van der Waals surface area contributed by atoms with E-state index in [-0.39, 0.29) is 19.2 Å². The van der Waals surface area contributed by atoms with Crippen molar-refractivity contribution in [2.45, 2.75) is 18.3 Å². The predicted molar refractivity (Wildman–Crippen MR) is 52.5 cm³/mol. The number of hydrogen-bond donors (Lipinski definition) is 4. The van der Waals surface area contributed by atoms with E-state index in [0.29, 0.717) is 0 Å². The Morgan fingerprint density at radius 2 is 1.94 bits per heavy atom. The molecule has 90 valence electrons. The quantitative estimate of drug-likeness (QED) is 0.453. The van der Waals surface area contributed by atoms with Crippen LogP contribution >= 0.6 is 0 Å². The summed E-state index contributed by atoms with van der Waals surface area (Å²) >= 11 is 0. The molecule has 2 rings (SSSR count). The summed E-state index contributed by atoms with van der Waals surface area (Å²) in [5.41, 5.74) is 0. The number of aliphatic hydroxyl groups is 3. The van der Waals surface area contributed by atoms with E-state index in [4.69, 9.17) is 25.2 Å².